The third-order valence-electron chi connectivity index (χ3n) is 3.90. The van der Waals surface area contributed by atoms with Crippen molar-refractivity contribution in [2.24, 2.45) is 5.92 Å². The van der Waals surface area contributed by atoms with Crippen LogP contribution in [-0.4, -0.2) is 43.1 Å². The van der Waals surface area contributed by atoms with Gasteiger partial charge in [0.05, 0.1) is 0 Å². The zero-order valence-electron chi connectivity index (χ0n) is 13.0. The molecule has 1 aromatic rings. The van der Waals surface area contributed by atoms with Crippen LogP contribution in [0.15, 0.2) is 30.3 Å². The second-order valence-electron chi connectivity index (χ2n) is 5.95. The fraction of sp³-hybridized carbons (Fsp3) is 0.588. The summed E-state index contributed by atoms with van der Waals surface area (Å²) in [5.41, 5.74) is 0. The normalized spacial score (nSPS) is 18.5. The molecule has 2 rings (SSSR count). The van der Waals surface area contributed by atoms with E-state index >= 15 is 0 Å². The largest absolute Gasteiger partial charge is 0.484 e. The predicted molar refractivity (Wildman–Crippen MR) is 84.4 cm³/mol. The van der Waals surface area contributed by atoms with Crippen LogP contribution in [0.25, 0.3) is 0 Å². The summed E-state index contributed by atoms with van der Waals surface area (Å²) < 4.78 is 5.58. The van der Waals surface area contributed by atoms with Crippen LogP contribution >= 0.6 is 0 Å². The maximum atomic E-state index is 12.4. The van der Waals surface area contributed by atoms with Crippen LogP contribution in [0.2, 0.25) is 0 Å². The van der Waals surface area contributed by atoms with E-state index < -0.39 is 0 Å². The molecule has 0 bridgehead atoms. The molecule has 1 N–H and O–H groups in total. The van der Waals surface area contributed by atoms with E-state index in [2.05, 4.69) is 19.2 Å². The van der Waals surface area contributed by atoms with Crippen LogP contribution in [0.1, 0.15) is 26.7 Å². The van der Waals surface area contributed by atoms with Crippen molar-refractivity contribution in [1.29, 1.82) is 0 Å². The minimum absolute atomic E-state index is 0.0689. The number of para-hydroxylation sites is 1. The van der Waals surface area contributed by atoms with E-state index in [1.54, 1.807) is 0 Å². The van der Waals surface area contributed by atoms with Crippen molar-refractivity contribution < 1.29 is 9.53 Å². The monoisotopic (exact) mass is 290 g/mol. The first-order chi connectivity index (χ1) is 10.2. The minimum atomic E-state index is 0.0689. The Morgan fingerprint density at radius 1 is 1.38 bits per heavy atom. The summed E-state index contributed by atoms with van der Waals surface area (Å²) in [7, 11) is 0. The molecule has 1 unspecified atom stereocenters. The van der Waals surface area contributed by atoms with Crippen LogP contribution in [0.5, 0.6) is 5.75 Å². The molecule has 116 valence electrons. The van der Waals surface area contributed by atoms with Gasteiger partial charge in [0.25, 0.3) is 5.91 Å². The SMILES string of the molecule is CC(C)N(CC1CCCNC1)C(=O)COc1ccccc1. The van der Waals surface area contributed by atoms with Gasteiger partial charge in [-0.05, 0) is 57.8 Å². The molecule has 0 spiro atoms. The van der Waals surface area contributed by atoms with Gasteiger partial charge in [0.15, 0.2) is 6.61 Å². The number of amides is 1. The molecule has 1 fully saturated rings. The van der Waals surface area contributed by atoms with Gasteiger partial charge in [-0.1, -0.05) is 18.2 Å². The second-order valence-corrected chi connectivity index (χ2v) is 5.95. The lowest BCUT2D eigenvalue weighted by atomic mass is 9.98. The number of piperidine rings is 1. The first kappa shape index (κ1) is 15.8. The molecule has 1 saturated heterocycles. The van der Waals surface area contributed by atoms with Crippen LogP contribution in [0, 0.1) is 5.92 Å². The standard InChI is InChI=1S/C17H26N2O2/c1-14(2)19(12-15-7-6-10-18-11-15)17(20)13-21-16-8-4-3-5-9-16/h3-5,8-9,14-15,18H,6-7,10-13H2,1-2H3. The van der Waals surface area contributed by atoms with E-state index in [4.69, 9.17) is 4.74 Å². The van der Waals surface area contributed by atoms with Gasteiger partial charge in [-0.3, -0.25) is 4.79 Å². The number of hydrogen-bond donors (Lipinski definition) is 1. The highest BCUT2D eigenvalue weighted by Crippen LogP contribution is 2.14. The van der Waals surface area contributed by atoms with Gasteiger partial charge in [0.2, 0.25) is 0 Å². The summed E-state index contributed by atoms with van der Waals surface area (Å²) in [4.78, 5) is 14.4. The number of nitrogens with one attached hydrogen (secondary N) is 1. The fourth-order valence-corrected chi connectivity index (χ4v) is 2.70. The van der Waals surface area contributed by atoms with Crippen molar-refractivity contribution >= 4 is 5.91 Å². The molecule has 21 heavy (non-hydrogen) atoms. The Labute approximate surface area is 127 Å². The molecule has 0 aliphatic carbocycles. The van der Waals surface area contributed by atoms with Crippen LogP contribution in [0.4, 0.5) is 0 Å². The van der Waals surface area contributed by atoms with Gasteiger partial charge in [-0.2, -0.15) is 0 Å². The first-order valence-corrected chi connectivity index (χ1v) is 7.85. The topological polar surface area (TPSA) is 41.6 Å². The smallest absolute Gasteiger partial charge is 0.260 e. The molecular formula is C17H26N2O2. The number of nitrogens with zero attached hydrogens (tertiary/aromatic N) is 1. The number of hydrogen-bond acceptors (Lipinski definition) is 3. The molecule has 0 saturated carbocycles. The molecule has 1 aromatic carbocycles. The van der Waals surface area contributed by atoms with Crippen molar-refractivity contribution in [3.05, 3.63) is 30.3 Å². The van der Waals surface area contributed by atoms with Crippen LogP contribution in [-0.2, 0) is 4.79 Å². The number of ether oxygens (including phenoxy) is 1. The molecule has 0 aromatic heterocycles. The third kappa shape index (κ3) is 5.05. The average molecular weight is 290 g/mol. The van der Waals surface area contributed by atoms with Gasteiger partial charge in [-0.25, -0.2) is 0 Å². The van der Waals surface area contributed by atoms with Crippen molar-refractivity contribution in [3.63, 3.8) is 0 Å². The van der Waals surface area contributed by atoms with Crippen molar-refractivity contribution in [2.45, 2.75) is 32.7 Å². The summed E-state index contributed by atoms with van der Waals surface area (Å²) in [6.45, 7) is 7.18. The minimum Gasteiger partial charge on any atom is -0.484 e. The molecular weight excluding hydrogens is 264 g/mol. The molecule has 1 aliphatic heterocycles. The number of rotatable bonds is 6. The highest BCUT2D eigenvalue weighted by Gasteiger charge is 2.23. The van der Waals surface area contributed by atoms with Gasteiger partial charge in [0.1, 0.15) is 5.75 Å². The molecule has 1 atom stereocenters. The number of carbonyl (C=O) groups excluding carboxylic acids is 1. The van der Waals surface area contributed by atoms with Gasteiger partial charge in [-0.15, -0.1) is 0 Å². The van der Waals surface area contributed by atoms with E-state index in [-0.39, 0.29) is 18.6 Å². The lowest BCUT2D eigenvalue weighted by Gasteiger charge is -2.32. The van der Waals surface area contributed by atoms with E-state index in [1.165, 1.54) is 12.8 Å². The van der Waals surface area contributed by atoms with E-state index in [0.717, 1.165) is 25.4 Å². The molecule has 1 heterocycles. The lowest BCUT2D eigenvalue weighted by molar-refractivity contribution is -0.135. The Hall–Kier alpha value is -1.55. The zero-order valence-corrected chi connectivity index (χ0v) is 13.0. The maximum absolute atomic E-state index is 12.4. The number of benzene rings is 1. The Morgan fingerprint density at radius 3 is 2.76 bits per heavy atom. The Kier molecular flexibility index (Phi) is 6.05. The van der Waals surface area contributed by atoms with Gasteiger partial charge in [0, 0.05) is 12.6 Å². The first-order valence-electron chi connectivity index (χ1n) is 7.85. The van der Waals surface area contributed by atoms with Crippen molar-refractivity contribution in [3.8, 4) is 5.75 Å². The molecule has 4 nitrogen and oxygen atoms in total. The van der Waals surface area contributed by atoms with Crippen molar-refractivity contribution in [1.82, 2.24) is 10.2 Å². The lowest BCUT2D eigenvalue weighted by Crippen LogP contribution is -2.45. The Morgan fingerprint density at radius 2 is 2.14 bits per heavy atom. The molecule has 4 heteroatoms. The van der Waals surface area contributed by atoms with E-state index in [0.29, 0.717) is 5.92 Å². The van der Waals surface area contributed by atoms with E-state index in [9.17, 15) is 4.79 Å². The Balaban J connectivity index is 1.86. The summed E-state index contributed by atoms with van der Waals surface area (Å²) in [5.74, 6) is 1.37. The summed E-state index contributed by atoms with van der Waals surface area (Å²) in [5, 5.41) is 3.41. The molecule has 1 aliphatic rings. The van der Waals surface area contributed by atoms with E-state index in [1.807, 2.05) is 35.2 Å². The number of carbonyl (C=O) groups is 1. The summed E-state index contributed by atoms with van der Waals surface area (Å²) in [6, 6.07) is 9.71. The Bertz CT molecular complexity index is 428. The highest BCUT2D eigenvalue weighted by atomic mass is 16.5. The van der Waals surface area contributed by atoms with Crippen LogP contribution in [0.3, 0.4) is 0 Å². The predicted octanol–water partition coefficient (Wildman–Crippen LogP) is 2.30. The third-order valence-corrected chi connectivity index (χ3v) is 3.90. The van der Waals surface area contributed by atoms with Crippen molar-refractivity contribution in [2.75, 3.05) is 26.2 Å². The molecule has 1 amide bonds. The van der Waals surface area contributed by atoms with Gasteiger partial charge < -0.3 is 15.0 Å². The zero-order chi connectivity index (χ0) is 15.1. The fourth-order valence-electron chi connectivity index (χ4n) is 2.70. The highest BCUT2D eigenvalue weighted by molar-refractivity contribution is 5.78. The summed E-state index contributed by atoms with van der Waals surface area (Å²) in [6.07, 6.45) is 2.40. The average Bonchev–Trinajstić information content (AvgIpc) is 2.52. The quantitative estimate of drug-likeness (QED) is 0.874. The van der Waals surface area contributed by atoms with Gasteiger partial charge >= 0.3 is 0 Å². The van der Waals surface area contributed by atoms with Crippen LogP contribution < -0.4 is 10.1 Å². The maximum Gasteiger partial charge on any atom is 0.260 e. The summed E-state index contributed by atoms with van der Waals surface area (Å²) >= 11 is 0. The second kappa shape index (κ2) is 8.03. The molecule has 0 radical (unpaired) electrons.